The molecule has 1 aliphatic carbocycles. The molecule has 0 amide bonds. The van der Waals surface area contributed by atoms with Gasteiger partial charge >= 0.3 is 0 Å². The standard InChI is InChI=1S/C11H19N3/c1-8-10(7-12-14(8)4)13-9(2)11(3)5-6-11/h7,9,13H,5-6H2,1-4H3. The summed E-state index contributed by atoms with van der Waals surface area (Å²) in [7, 11) is 1.98. The summed E-state index contributed by atoms with van der Waals surface area (Å²) < 4.78 is 1.91. The zero-order chi connectivity index (χ0) is 10.3. The summed E-state index contributed by atoms with van der Waals surface area (Å²) in [6.45, 7) is 6.70. The maximum absolute atomic E-state index is 4.23. The van der Waals surface area contributed by atoms with Crippen LogP contribution in [0.4, 0.5) is 5.69 Å². The van der Waals surface area contributed by atoms with Gasteiger partial charge in [-0.1, -0.05) is 6.92 Å². The van der Waals surface area contributed by atoms with Crippen LogP contribution in [0.1, 0.15) is 32.4 Å². The van der Waals surface area contributed by atoms with Crippen molar-refractivity contribution < 1.29 is 0 Å². The fourth-order valence-electron chi connectivity index (χ4n) is 1.68. The van der Waals surface area contributed by atoms with Crippen LogP contribution >= 0.6 is 0 Å². The summed E-state index contributed by atoms with van der Waals surface area (Å²) in [4.78, 5) is 0. The molecule has 1 N–H and O–H groups in total. The van der Waals surface area contributed by atoms with Crippen molar-refractivity contribution in [2.24, 2.45) is 12.5 Å². The van der Waals surface area contributed by atoms with Crippen LogP contribution in [0.15, 0.2) is 6.20 Å². The van der Waals surface area contributed by atoms with E-state index in [0.717, 1.165) is 0 Å². The fraction of sp³-hybridized carbons (Fsp3) is 0.727. The van der Waals surface area contributed by atoms with Crippen LogP contribution in [0.5, 0.6) is 0 Å². The molecule has 78 valence electrons. The minimum Gasteiger partial charge on any atom is -0.379 e. The number of aryl methyl sites for hydroxylation is 1. The zero-order valence-corrected chi connectivity index (χ0v) is 9.46. The van der Waals surface area contributed by atoms with Gasteiger partial charge in [0.2, 0.25) is 0 Å². The van der Waals surface area contributed by atoms with Crippen LogP contribution < -0.4 is 5.32 Å². The molecule has 0 aliphatic heterocycles. The van der Waals surface area contributed by atoms with Gasteiger partial charge in [0.05, 0.1) is 17.6 Å². The van der Waals surface area contributed by atoms with Crippen molar-refractivity contribution in [3.05, 3.63) is 11.9 Å². The van der Waals surface area contributed by atoms with Gasteiger partial charge in [-0.05, 0) is 32.1 Å². The molecule has 0 spiro atoms. The van der Waals surface area contributed by atoms with E-state index in [9.17, 15) is 0 Å². The van der Waals surface area contributed by atoms with Crippen molar-refractivity contribution in [1.29, 1.82) is 0 Å². The average Bonchev–Trinajstić information content (AvgIpc) is 2.83. The highest BCUT2D eigenvalue weighted by Gasteiger charge is 2.42. The maximum Gasteiger partial charge on any atom is 0.0758 e. The maximum atomic E-state index is 4.23. The molecule has 1 fully saturated rings. The van der Waals surface area contributed by atoms with E-state index in [1.165, 1.54) is 24.2 Å². The third-order valence-corrected chi connectivity index (χ3v) is 3.69. The second-order valence-electron chi connectivity index (χ2n) is 4.79. The fourth-order valence-corrected chi connectivity index (χ4v) is 1.68. The summed E-state index contributed by atoms with van der Waals surface area (Å²) in [6, 6.07) is 0.547. The van der Waals surface area contributed by atoms with E-state index in [-0.39, 0.29) is 0 Å². The van der Waals surface area contributed by atoms with Gasteiger partial charge in [0, 0.05) is 13.1 Å². The van der Waals surface area contributed by atoms with Gasteiger partial charge in [0.15, 0.2) is 0 Å². The molecule has 1 aliphatic rings. The molecule has 1 atom stereocenters. The van der Waals surface area contributed by atoms with E-state index >= 15 is 0 Å². The molecule has 1 saturated carbocycles. The summed E-state index contributed by atoms with van der Waals surface area (Å²) in [5.41, 5.74) is 2.90. The molecule has 1 aromatic rings. The Morgan fingerprint density at radius 1 is 1.57 bits per heavy atom. The van der Waals surface area contributed by atoms with Crippen molar-refractivity contribution in [1.82, 2.24) is 9.78 Å². The van der Waals surface area contributed by atoms with Crippen LogP contribution in [-0.2, 0) is 7.05 Å². The van der Waals surface area contributed by atoms with Gasteiger partial charge in [0.25, 0.3) is 0 Å². The Morgan fingerprint density at radius 3 is 2.64 bits per heavy atom. The molecule has 1 unspecified atom stereocenters. The first-order chi connectivity index (χ1) is 6.53. The summed E-state index contributed by atoms with van der Waals surface area (Å²) >= 11 is 0. The van der Waals surface area contributed by atoms with E-state index < -0.39 is 0 Å². The zero-order valence-electron chi connectivity index (χ0n) is 9.46. The van der Waals surface area contributed by atoms with Gasteiger partial charge in [-0.2, -0.15) is 5.10 Å². The Hall–Kier alpha value is -0.990. The number of anilines is 1. The quantitative estimate of drug-likeness (QED) is 0.798. The highest BCUT2D eigenvalue weighted by molar-refractivity contribution is 5.47. The normalized spacial score (nSPS) is 20.6. The molecule has 14 heavy (non-hydrogen) atoms. The molecular weight excluding hydrogens is 174 g/mol. The highest BCUT2D eigenvalue weighted by Crippen LogP contribution is 2.48. The first-order valence-electron chi connectivity index (χ1n) is 5.28. The number of nitrogens with zero attached hydrogens (tertiary/aromatic N) is 2. The summed E-state index contributed by atoms with van der Waals surface area (Å²) in [6.07, 6.45) is 4.61. The largest absolute Gasteiger partial charge is 0.379 e. The number of hydrogen-bond acceptors (Lipinski definition) is 2. The summed E-state index contributed by atoms with van der Waals surface area (Å²) in [5, 5.41) is 7.78. The van der Waals surface area contributed by atoms with E-state index in [0.29, 0.717) is 11.5 Å². The van der Waals surface area contributed by atoms with Gasteiger partial charge in [-0.3, -0.25) is 4.68 Å². The Labute approximate surface area is 85.5 Å². The van der Waals surface area contributed by atoms with Crippen molar-refractivity contribution in [3.63, 3.8) is 0 Å². The molecular formula is C11H19N3. The topological polar surface area (TPSA) is 29.9 Å². The number of aromatic nitrogens is 2. The molecule has 0 radical (unpaired) electrons. The SMILES string of the molecule is Cc1c(NC(C)C2(C)CC2)cnn1C. The smallest absolute Gasteiger partial charge is 0.0758 e. The number of hydrogen-bond donors (Lipinski definition) is 1. The Balaban J connectivity index is 2.07. The Kier molecular flexibility index (Phi) is 2.05. The molecule has 3 heteroatoms. The van der Waals surface area contributed by atoms with Crippen molar-refractivity contribution in [3.8, 4) is 0 Å². The van der Waals surface area contributed by atoms with Gasteiger partial charge in [-0.15, -0.1) is 0 Å². The number of rotatable bonds is 3. The molecule has 0 bridgehead atoms. The Bertz CT molecular complexity index is 336. The predicted molar refractivity (Wildman–Crippen MR) is 58.4 cm³/mol. The molecule has 1 aromatic heterocycles. The van der Waals surface area contributed by atoms with Gasteiger partial charge in [0.1, 0.15) is 0 Å². The van der Waals surface area contributed by atoms with Crippen LogP contribution in [0.25, 0.3) is 0 Å². The average molecular weight is 193 g/mol. The van der Waals surface area contributed by atoms with Crippen LogP contribution in [0.3, 0.4) is 0 Å². The molecule has 2 rings (SSSR count). The first-order valence-corrected chi connectivity index (χ1v) is 5.28. The summed E-state index contributed by atoms with van der Waals surface area (Å²) in [5.74, 6) is 0. The minimum atomic E-state index is 0.516. The van der Waals surface area contributed by atoms with Crippen molar-refractivity contribution in [2.75, 3.05) is 5.32 Å². The van der Waals surface area contributed by atoms with E-state index in [1.807, 2.05) is 17.9 Å². The lowest BCUT2D eigenvalue weighted by Gasteiger charge is -2.21. The van der Waals surface area contributed by atoms with Crippen molar-refractivity contribution >= 4 is 5.69 Å². The third-order valence-electron chi connectivity index (χ3n) is 3.69. The van der Waals surface area contributed by atoms with E-state index in [2.05, 4.69) is 31.2 Å². The monoisotopic (exact) mass is 193 g/mol. The molecule has 1 heterocycles. The van der Waals surface area contributed by atoms with E-state index in [1.54, 1.807) is 0 Å². The Morgan fingerprint density at radius 2 is 2.21 bits per heavy atom. The van der Waals surface area contributed by atoms with Crippen LogP contribution in [0.2, 0.25) is 0 Å². The van der Waals surface area contributed by atoms with E-state index in [4.69, 9.17) is 0 Å². The number of nitrogens with one attached hydrogen (secondary N) is 1. The molecule has 3 nitrogen and oxygen atoms in total. The minimum absolute atomic E-state index is 0.516. The van der Waals surface area contributed by atoms with Crippen molar-refractivity contribution in [2.45, 2.75) is 39.7 Å². The van der Waals surface area contributed by atoms with Gasteiger partial charge < -0.3 is 5.32 Å². The lowest BCUT2D eigenvalue weighted by Crippen LogP contribution is -2.25. The predicted octanol–water partition coefficient (Wildman–Crippen LogP) is 2.33. The molecule has 0 saturated heterocycles. The third kappa shape index (κ3) is 1.51. The van der Waals surface area contributed by atoms with Gasteiger partial charge in [-0.25, -0.2) is 0 Å². The lowest BCUT2D eigenvalue weighted by atomic mass is 10.0. The first kappa shape index (κ1) is 9.56. The van der Waals surface area contributed by atoms with Crippen LogP contribution in [-0.4, -0.2) is 15.8 Å². The second kappa shape index (κ2) is 3.01. The second-order valence-corrected chi connectivity index (χ2v) is 4.79. The lowest BCUT2D eigenvalue weighted by molar-refractivity contribution is 0.493. The van der Waals surface area contributed by atoms with Crippen LogP contribution in [0, 0.1) is 12.3 Å². The highest BCUT2D eigenvalue weighted by atomic mass is 15.3. The molecule has 0 aromatic carbocycles.